The molecule has 1 aliphatic heterocycles. The number of hydrogen-bond acceptors (Lipinski definition) is 4. The van der Waals surface area contributed by atoms with E-state index in [0.29, 0.717) is 18.9 Å². The van der Waals surface area contributed by atoms with Crippen LogP contribution in [0.4, 0.5) is 10.2 Å². The van der Waals surface area contributed by atoms with Gasteiger partial charge in [0.1, 0.15) is 6.33 Å². The fourth-order valence-corrected chi connectivity index (χ4v) is 1.86. The van der Waals surface area contributed by atoms with Gasteiger partial charge in [-0.05, 0) is 12.1 Å². The molecule has 0 saturated carbocycles. The van der Waals surface area contributed by atoms with Crippen LogP contribution >= 0.6 is 0 Å². The second-order valence-corrected chi connectivity index (χ2v) is 3.66. The van der Waals surface area contributed by atoms with Crippen molar-refractivity contribution >= 4 is 5.82 Å². The molecule has 5 heteroatoms. The smallest absolute Gasteiger partial charge is 0.165 e. The summed E-state index contributed by atoms with van der Waals surface area (Å²) >= 11 is 0. The van der Waals surface area contributed by atoms with Gasteiger partial charge in [-0.25, -0.2) is 19.3 Å². The van der Waals surface area contributed by atoms with E-state index in [1.807, 2.05) is 4.90 Å². The van der Waals surface area contributed by atoms with E-state index in [1.165, 1.54) is 12.4 Å². The highest BCUT2D eigenvalue weighted by Crippen LogP contribution is 2.26. The van der Waals surface area contributed by atoms with Crippen molar-refractivity contribution in [2.75, 3.05) is 4.90 Å². The van der Waals surface area contributed by atoms with Gasteiger partial charge in [-0.1, -0.05) is 0 Å². The maximum Gasteiger partial charge on any atom is 0.165 e. The molecule has 0 N–H and O–H groups in total. The molecular weight excluding hydrogens is 207 g/mol. The average molecular weight is 216 g/mol. The normalized spacial score (nSPS) is 13.9. The van der Waals surface area contributed by atoms with Gasteiger partial charge in [0.2, 0.25) is 0 Å². The SMILES string of the molecule is Fc1cccnc1N1Cc2cncnc2C1. The molecule has 80 valence electrons. The molecule has 0 bridgehead atoms. The van der Waals surface area contributed by atoms with E-state index in [-0.39, 0.29) is 5.82 Å². The maximum absolute atomic E-state index is 13.5. The van der Waals surface area contributed by atoms with Crippen molar-refractivity contribution in [1.82, 2.24) is 15.0 Å². The minimum absolute atomic E-state index is 0.303. The summed E-state index contributed by atoms with van der Waals surface area (Å²) in [4.78, 5) is 14.0. The molecule has 1 aliphatic rings. The van der Waals surface area contributed by atoms with Crippen molar-refractivity contribution in [3.05, 3.63) is 47.9 Å². The first-order valence-electron chi connectivity index (χ1n) is 4.98. The van der Waals surface area contributed by atoms with Gasteiger partial charge in [0.15, 0.2) is 11.6 Å². The molecule has 4 nitrogen and oxygen atoms in total. The molecule has 3 rings (SSSR count). The van der Waals surface area contributed by atoms with Crippen LogP contribution in [0.5, 0.6) is 0 Å². The van der Waals surface area contributed by atoms with Gasteiger partial charge >= 0.3 is 0 Å². The molecule has 0 saturated heterocycles. The lowest BCUT2D eigenvalue weighted by Crippen LogP contribution is -2.17. The number of anilines is 1. The third-order valence-corrected chi connectivity index (χ3v) is 2.62. The van der Waals surface area contributed by atoms with Gasteiger partial charge < -0.3 is 4.90 Å². The van der Waals surface area contributed by atoms with E-state index in [0.717, 1.165) is 11.3 Å². The second-order valence-electron chi connectivity index (χ2n) is 3.66. The van der Waals surface area contributed by atoms with Crippen LogP contribution in [0.15, 0.2) is 30.9 Å². The monoisotopic (exact) mass is 216 g/mol. The summed E-state index contributed by atoms with van der Waals surface area (Å²) in [7, 11) is 0. The second kappa shape index (κ2) is 3.52. The predicted octanol–water partition coefficient (Wildman–Crippen LogP) is 1.53. The van der Waals surface area contributed by atoms with Gasteiger partial charge in [-0.3, -0.25) is 0 Å². The van der Waals surface area contributed by atoms with E-state index in [1.54, 1.807) is 18.5 Å². The molecule has 0 fully saturated rings. The summed E-state index contributed by atoms with van der Waals surface area (Å²) in [5.74, 6) is 0.0729. The lowest BCUT2D eigenvalue weighted by molar-refractivity contribution is 0.611. The molecule has 0 aliphatic carbocycles. The number of aromatic nitrogens is 3. The van der Waals surface area contributed by atoms with Crippen molar-refractivity contribution < 1.29 is 4.39 Å². The first-order valence-corrected chi connectivity index (χ1v) is 4.98. The molecule has 0 aromatic carbocycles. The van der Waals surface area contributed by atoms with E-state index in [9.17, 15) is 4.39 Å². The summed E-state index contributed by atoms with van der Waals surface area (Å²) in [6.45, 7) is 1.20. The third-order valence-electron chi connectivity index (χ3n) is 2.62. The van der Waals surface area contributed by atoms with Gasteiger partial charge in [0.05, 0.1) is 12.2 Å². The van der Waals surface area contributed by atoms with Crippen molar-refractivity contribution in [3.63, 3.8) is 0 Å². The predicted molar refractivity (Wildman–Crippen MR) is 56.1 cm³/mol. The number of halogens is 1. The summed E-state index contributed by atoms with van der Waals surface area (Å²) in [5.41, 5.74) is 1.98. The minimum atomic E-state index is -0.303. The van der Waals surface area contributed by atoms with Crippen LogP contribution in [0.1, 0.15) is 11.3 Å². The Morgan fingerprint density at radius 3 is 3.00 bits per heavy atom. The molecule has 3 heterocycles. The molecule has 2 aromatic rings. The Hall–Kier alpha value is -2.04. The van der Waals surface area contributed by atoms with Gasteiger partial charge in [0.25, 0.3) is 0 Å². The van der Waals surface area contributed by atoms with Crippen LogP contribution in [0.25, 0.3) is 0 Å². The highest BCUT2D eigenvalue weighted by Gasteiger charge is 2.23. The van der Waals surface area contributed by atoms with Crippen molar-refractivity contribution in [2.24, 2.45) is 0 Å². The van der Waals surface area contributed by atoms with E-state index >= 15 is 0 Å². The van der Waals surface area contributed by atoms with Gasteiger partial charge in [0, 0.05) is 24.5 Å². The lowest BCUT2D eigenvalue weighted by atomic mass is 10.3. The summed E-state index contributed by atoms with van der Waals surface area (Å²) in [5, 5.41) is 0. The molecule has 0 amide bonds. The standard InChI is InChI=1S/C11H9FN4/c12-9-2-1-3-14-11(9)16-5-8-4-13-7-15-10(8)6-16/h1-4,7H,5-6H2. The molecule has 0 unspecified atom stereocenters. The quantitative estimate of drug-likeness (QED) is 0.725. The summed E-state index contributed by atoms with van der Waals surface area (Å²) in [6, 6.07) is 3.00. The summed E-state index contributed by atoms with van der Waals surface area (Å²) in [6.07, 6.45) is 4.87. The van der Waals surface area contributed by atoms with Crippen LogP contribution in [-0.2, 0) is 13.1 Å². The first kappa shape index (κ1) is 9.21. The van der Waals surface area contributed by atoms with Crippen molar-refractivity contribution in [2.45, 2.75) is 13.1 Å². The topological polar surface area (TPSA) is 41.9 Å². The maximum atomic E-state index is 13.5. The molecule has 16 heavy (non-hydrogen) atoms. The molecule has 0 atom stereocenters. The zero-order chi connectivity index (χ0) is 11.0. The average Bonchev–Trinajstić information content (AvgIpc) is 2.73. The first-order chi connectivity index (χ1) is 7.84. The Balaban J connectivity index is 1.95. The van der Waals surface area contributed by atoms with Crippen LogP contribution in [0.3, 0.4) is 0 Å². The Labute approximate surface area is 91.8 Å². The van der Waals surface area contributed by atoms with Crippen LogP contribution in [0, 0.1) is 5.82 Å². The van der Waals surface area contributed by atoms with Crippen molar-refractivity contribution in [1.29, 1.82) is 0 Å². The third kappa shape index (κ3) is 1.41. The zero-order valence-corrected chi connectivity index (χ0v) is 8.47. The molecule has 0 spiro atoms. The summed E-state index contributed by atoms with van der Waals surface area (Å²) < 4.78 is 13.5. The lowest BCUT2D eigenvalue weighted by Gasteiger charge is -2.15. The van der Waals surface area contributed by atoms with Gasteiger partial charge in [-0.2, -0.15) is 0 Å². The molecular formula is C11H9FN4. The van der Waals surface area contributed by atoms with Gasteiger partial charge in [-0.15, -0.1) is 0 Å². The Morgan fingerprint density at radius 2 is 2.19 bits per heavy atom. The molecule has 2 aromatic heterocycles. The Morgan fingerprint density at radius 1 is 1.25 bits per heavy atom. The highest BCUT2D eigenvalue weighted by molar-refractivity contribution is 5.45. The molecule has 0 radical (unpaired) electrons. The van der Waals surface area contributed by atoms with Crippen molar-refractivity contribution in [3.8, 4) is 0 Å². The number of pyridine rings is 1. The highest BCUT2D eigenvalue weighted by atomic mass is 19.1. The number of fused-ring (bicyclic) bond motifs is 1. The number of nitrogens with zero attached hydrogens (tertiary/aromatic N) is 4. The van der Waals surface area contributed by atoms with Crippen LogP contribution < -0.4 is 4.90 Å². The Bertz CT molecular complexity index is 504. The fraction of sp³-hybridized carbons (Fsp3) is 0.182. The van der Waals surface area contributed by atoms with E-state index in [4.69, 9.17) is 0 Å². The van der Waals surface area contributed by atoms with E-state index < -0.39 is 0 Å². The fourth-order valence-electron chi connectivity index (χ4n) is 1.86. The number of rotatable bonds is 1. The van der Waals surface area contributed by atoms with Crippen LogP contribution in [0.2, 0.25) is 0 Å². The van der Waals surface area contributed by atoms with E-state index in [2.05, 4.69) is 15.0 Å². The Kier molecular flexibility index (Phi) is 2.02. The zero-order valence-electron chi connectivity index (χ0n) is 8.47. The largest absolute Gasteiger partial charge is 0.344 e. The minimum Gasteiger partial charge on any atom is -0.344 e. The van der Waals surface area contributed by atoms with Crippen LogP contribution in [-0.4, -0.2) is 15.0 Å². The number of hydrogen-bond donors (Lipinski definition) is 0.